The molecular formula is C15H19NO2. The molecule has 0 saturated carbocycles. The molecule has 3 nitrogen and oxygen atoms in total. The second-order valence-electron chi connectivity index (χ2n) is 4.76. The highest BCUT2D eigenvalue weighted by Gasteiger charge is 2.22. The minimum absolute atomic E-state index is 0.483. The van der Waals surface area contributed by atoms with Crippen LogP contribution in [0.5, 0.6) is 0 Å². The molecule has 96 valence electrons. The van der Waals surface area contributed by atoms with Crippen LogP contribution in [0.2, 0.25) is 0 Å². The Hall–Kier alpha value is -1.58. The number of hydrogen-bond donors (Lipinski definition) is 2. The van der Waals surface area contributed by atoms with Crippen LogP contribution in [0.4, 0.5) is 0 Å². The van der Waals surface area contributed by atoms with Crippen molar-refractivity contribution in [3.05, 3.63) is 59.5 Å². The molecule has 3 heteroatoms. The zero-order valence-corrected chi connectivity index (χ0v) is 10.8. The Labute approximate surface area is 107 Å². The summed E-state index contributed by atoms with van der Waals surface area (Å²) in [5.74, 6) is 1.79. The molecular weight excluding hydrogens is 226 g/mol. The van der Waals surface area contributed by atoms with Gasteiger partial charge in [0.15, 0.2) is 0 Å². The molecule has 0 fully saturated rings. The topological polar surface area (TPSA) is 45.4 Å². The minimum atomic E-state index is -0.872. The van der Waals surface area contributed by atoms with Gasteiger partial charge < -0.3 is 14.8 Å². The largest absolute Gasteiger partial charge is 0.465 e. The van der Waals surface area contributed by atoms with Gasteiger partial charge in [0.2, 0.25) is 0 Å². The first-order valence-electron chi connectivity index (χ1n) is 6.12. The fraction of sp³-hybridized carbons (Fsp3) is 0.333. The van der Waals surface area contributed by atoms with Crippen LogP contribution in [0.25, 0.3) is 0 Å². The maximum Gasteiger partial charge on any atom is 0.117 e. The Kier molecular flexibility index (Phi) is 3.84. The fourth-order valence-electron chi connectivity index (χ4n) is 1.91. The lowest BCUT2D eigenvalue weighted by molar-refractivity contribution is 0.0562. The zero-order valence-electron chi connectivity index (χ0n) is 10.8. The Balaban J connectivity index is 1.89. The predicted octanol–water partition coefficient (Wildman–Crippen LogP) is 2.59. The van der Waals surface area contributed by atoms with E-state index in [1.54, 1.807) is 0 Å². The lowest BCUT2D eigenvalue weighted by Crippen LogP contribution is -2.35. The van der Waals surface area contributed by atoms with Crippen LogP contribution in [0.3, 0.4) is 0 Å². The van der Waals surface area contributed by atoms with E-state index in [4.69, 9.17) is 4.42 Å². The van der Waals surface area contributed by atoms with Gasteiger partial charge in [0, 0.05) is 6.54 Å². The van der Waals surface area contributed by atoms with Crippen molar-refractivity contribution in [3.8, 4) is 0 Å². The molecule has 0 saturated heterocycles. The normalized spacial score (nSPS) is 14.4. The Morgan fingerprint density at radius 3 is 2.50 bits per heavy atom. The summed E-state index contributed by atoms with van der Waals surface area (Å²) in [5, 5.41) is 13.6. The Bertz CT molecular complexity index is 488. The molecule has 1 heterocycles. The van der Waals surface area contributed by atoms with Gasteiger partial charge in [-0.05, 0) is 31.5 Å². The third-order valence-electron chi connectivity index (χ3n) is 2.96. The van der Waals surface area contributed by atoms with Crippen LogP contribution < -0.4 is 5.32 Å². The SMILES string of the molecule is Cc1ccc(CNCC(C)(O)c2ccccc2)o1. The van der Waals surface area contributed by atoms with Crippen molar-refractivity contribution < 1.29 is 9.52 Å². The number of aryl methyl sites for hydroxylation is 1. The zero-order chi connectivity index (χ0) is 13.0. The van der Waals surface area contributed by atoms with E-state index < -0.39 is 5.60 Å². The van der Waals surface area contributed by atoms with E-state index in [0.29, 0.717) is 13.1 Å². The second-order valence-corrected chi connectivity index (χ2v) is 4.76. The van der Waals surface area contributed by atoms with Gasteiger partial charge in [-0.25, -0.2) is 0 Å². The lowest BCUT2D eigenvalue weighted by atomic mass is 9.96. The van der Waals surface area contributed by atoms with E-state index in [1.807, 2.05) is 56.3 Å². The van der Waals surface area contributed by atoms with Gasteiger partial charge in [0.05, 0.1) is 12.1 Å². The van der Waals surface area contributed by atoms with Gasteiger partial charge in [-0.15, -0.1) is 0 Å². The molecule has 1 aromatic heterocycles. The molecule has 0 bridgehead atoms. The Morgan fingerprint density at radius 1 is 1.17 bits per heavy atom. The summed E-state index contributed by atoms with van der Waals surface area (Å²) in [6.07, 6.45) is 0. The van der Waals surface area contributed by atoms with Gasteiger partial charge in [0.25, 0.3) is 0 Å². The molecule has 1 aromatic carbocycles. The van der Waals surface area contributed by atoms with E-state index in [1.165, 1.54) is 0 Å². The molecule has 2 rings (SSSR count). The van der Waals surface area contributed by atoms with Crippen LogP contribution in [-0.4, -0.2) is 11.7 Å². The van der Waals surface area contributed by atoms with Crippen molar-refractivity contribution in [1.29, 1.82) is 0 Å². The van der Waals surface area contributed by atoms with E-state index in [9.17, 15) is 5.11 Å². The number of hydrogen-bond acceptors (Lipinski definition) is 3. The van der Waals surface area contributed by atoms with E-state index in [2.05, 4.69) is 5.32 Å². The van der Waals surface area contributed by atoms with Crippen LogP contribution in [-0.2, 0) is 12.1 Å². The van der Waals surface area contributed by atoms with Crippen molar-refractivity contribution >= 4 is 0 Å². The van der Waals surface area contributed by atoms with Crippen molar-refractivity contribution in [2.75, 3.05) is 6.54 Å². The van der Waals surface area contributed by atoms with Gasteiger partial charge in [-0.1, -0.05) is 30.3 Å². The van der Waals surface area contributed by atoms with Crippen LogP contribution in [0, 0.1) is 6.92 Å². The smallest absolute Gasteiger partial charge is 0.117 e. The first kappa shape index (κ1) is 12.9. The third-order valence-corrected chi connectivity index (χ3v) is 2.96. The quantitative estimate of drug-likeness (QED) is 0.851. The summed E-state index contributed by atoms with van der Waals surface area (Å²) < 4.78 is 5.46. The molecule has 0 aliphatic rings. The van der Waals surface area contributed by atoms with Gasteiger partial charge in [0.1, 0.15) is 11.5 Å². The van der Waals surface area contributed by atoms with Gasteiger partial charge in [-0.2, -0.15) is 0 Å². The van der Waals surface area contributed by atoms with E-state index >= 15 is 0 Å². The van der Waals surface area contributed by atoms with E-state index in [-0.39, 0.29) is 0 Å². The standard InChI is InChI=1S/C15H19NO2/c1-12-8-9-14(18-12)10-16-11-15(2,17)13-6-4-3-5-7-13/h3-9,16-17H,10-11H2,1-2H3. The third kappa shape index (κ3) is 3.22. The number of furan rings is 1. The first-order chi connectivity index (χ1) is 8.58. The molecule has 0 aliphatic heterocycles. The maximum atomic E-state index is 10.4. The number of benzene rings is 1. The molecule has 1 atom stereocenters. The highest BCUT2D eigenvalue weighted by atomic mass is 16.3. The predicted molar refractivity (Wildman–Crippen MR) is 71.2 cm³/mol. The van der Waals surface area contributed by atoms with Gasteiger partial charge >= 0.3 is 0 Å². The first-order valence-corrected chi connectivity index (χ1v) is 6.12. The van der Waals surface area contributed by atoms with Crippen molar-refractivity contribution in [2.24, 2.45) is 0 Å². The summed E-state index contributed by atoms with van der Waals surface area (Å²) in [6, 6.07) is 13.5. The van der Waals surface area contributed by atoms with Crippen LogP contribution in [0.1, 0.15) is 24.0 Å². The monoisotopic (exact) mass is 245 g/mol. The van der Waals surface area contributed by atoms with Crippen LogP contribution in [0.15, 0.2) is 46.9 Å². The number of aliphatic hydroxyl groups is 1. The second kappa shape index (κ2) is 5.38. The van der Waals surface area contributed by atoms with E-state index in [0.717, 1.165) is 17.1 Å². The van der Waals surface area contributed by atoms with Crippen molar-refractivity contribution in [2.45, 2.75) is 26.0 Å². The molecule has 0 amide bonds. The van der Waals surface area contributed by atoms with Crippen LogP contribution >= 0.6 is 0 Å². The van der Waals surface area contributed by atoms with Crippen molar-refractivity contribution in [1.82, 2.24) is 5.32 Å². The molecule has 0 spiro atoms. The molecule has 0 radical (unpaired) electrons. The fourth-order valence-corrected chi connectivity index (χ4v) is 1.91. The molecule has 2 N–H and O–H groups in total. The molecule has 0 aliphatic carbocycles. The average Bonchev–Trinajstić information content (AvgIpc) is 2.76. The summed E-state index contributed by atoms with van der Waals surface area (Å²) in [5.41, 5.74) is 0.0382. The number of nitrogens with one attached hydrogen (secondary N) is 1. The molecule has 2 aromatic rings. The highest BCUT2D eigenvalue weighted by molar-refractivity contribution is 5.21. The maximum absolute atomic E-state index is 10.4. The Morgan fingerprint density at radius 2 is 1.89 bits per heavy atom. The summed E-state index contributed by atoms with van der Waals surface area (Å²) in [6.45, 7) is 4.83. The van der Waals surface area contributed by atoms with Crippen molar-refractivity contribution in [3.63, 3.8) is 0 Å². The summed E-state index contributed by atoms with van der Waals surface area (Å²) >= 11 is 0. The highest BCUT2D eigenvalue weighted by Crippen LogP contribution is 2.19. The molecule has 1 unspecified atom stereocenters. The van der Waals surface area contributed by atoms with Gasteiger partial charge in [-0.3, -0.25) is 0 Å². The average molecular weight is 245 g/mol. The summed E-state index contributed by atoms with van der Waals surface area (Å²) in [4.78, 5) is 0. The summed E-state index contributed by atoms with van der Waals surface area (Å²) in [7, 11) is 0. The lowest BCUT2D eigenvalue weighted by Gasteiger charge is -2.24. The number of rotatable bonds is 5. The molecule has 18 heavy (non-hydrogen) atoms. The minimum Gasteiger partial charge on any atom is -0.465 e.